The molecule has 10 heteroatoms. The average Bonchev–Trinajstić information content (AvgIpc) is 3.01. The summed E-state index contributed by atoms with van der Waals surface area (Å²) in [5, 5.41) is 15.9. The van der Waals surface area contributed by atoms with Gasteiger partial charge in [0.05, 0.1) is 12.4 Å². The number of methoxy groups -OCH3 is 1. The van der Waals surface area contributed by atoms with Crippen molar-refractivity contribution in [3.8, 4) is 5.75 Å². The second-order valence-electron chi connectivity index (χ2n) is 4.56. The number of carbonyl (C=O) groups excluding carboxylic acids is 2. The Kier molecular flexibility index (Phi) is 6.38. The fourth-order valence-electron chi connectivity index (χ4n) is 1.61. The van der Waals surface area contributed by atoms with Crippen molar-refractivity contribution in [1.82, 2.24) is 20.8 Å². The summed E-state index contributed by atoms with van der Waals surface area (Å²) >= 11 is 2.55. The Morgan fingerprint density at radius 3 is 2.83 bits per heavy atom. The van der Waals surface area contributed by atoms with Crippen LogP contribution in [0, 0.1) is 0 Å². The van der Waals surface area contributed by atoms with Gasteiger partial charge >= 0.3 is 6.03 Å². The lowest BCUT2D eigenvalue weighted by Crippen LogP contribution is -2.41. The van der Waals surface area contributed by atoms with Crippen LogP contribution in [0.15, 0.2) is 28.6 Å². The molecule has 3 amide bonds. The molecule has 2 aromatic rings. The number of thioether (sulfide) groups is 1. The van der Waals surface area contributed by atoms with Gasteiger partial charge < -0.3 is 15.4 Å². The van der Waals surface area contributed by atoms with Crippen LogP contribution >= 0.6 is 23.1 Å². The topological polar surface area (TPSA) is 105 Å². The first-order chi connectivity index (χ1) is 11.5. The molecule has 1 aromatic heterocycles. The van der Waals surface area contributed by atoms with Crippen molar-refractivity contribution in [2.24, 2.45) is 0 Å². The number of aromatic nitrogens is 2. The highest BCUT2D eigenvalue weighted by Crippen LogP contribution is 2.31. The van der Waals surface area contributed by atoms with E-state index >= 15 is 0 Å². The Balaban J connectivity index is 1.95. The highest BCUT2D eigenvalue weighted by atomic mass is 32.2. The minimum Gasteiger partial charge on any atom is -0.497 e. The van der Waals surface area contributed by atoms with E-state index in [9.17, 15) is 9.59 Å². The molecule has 8 nitrogen and oxygen atoms in total. The Labute approximate surface area is 147 Å². The van der Waals surface area contributed by atoms with Gasteiger partial charge in [0.15, 0.2) is 4.34 Å². The number of ether oxygens (including phenoxy) is 1. The number of amides is 3. The fourth-order valence-corrected chi connectivity index (χ4v) is 3.53. The Bertz CT molecular complexity index is 722. The number of benzene rings is 1. The van der Waals surface area contributed by atoms with Crippen molar-refractivity contribution >= 4 is 45.9 Å². The zero-order valence-corrected chi connectivity index (χ0v) is 15.0. The standard InChI is InChI=1S/C14H17N5O3S2/c1-8(11(20)17-12(21)15-2)23-14-19-18-13(24-14)16-9-5-4-6-10(7-9)22-3/h4-8H,1-3H3,(H,16,18)(H2,15,17,20,21). The summed E-state index contributed by atoms with van der Waals surface area (Å²) in [6.45, 7) is 1.69. The van der Waals surface area contributed by atoms with Gasteiger partial charge in [-0.2, -0.15) is 0 Å². The molecule has 0 spiro atoms. The van der Waals surface area contributed by atoms with Crippen molar-refractivity contribution in [2.45, 2.75) is 16.5 Å². The minimum atomic E-state index is -0.537. The summed E-state index contributed by atoms with van der Waals surface area (Å²) in [5.74, 6) is 0.343. The van der Waals surface area contributed by atoms with Crippen LogP contribution < -0.4 is 20.7 Å². The third-order valence-electron chi connectivity index (χ3n) is 2.84. The number of carbonyl (C=O) groups is 2. The van der Waals surface area contributed by atoms with Crippen molar-refractivity contribution in [3.63, 3.8) is 0 Å². The molecular weight excluding hydrogens is 350 g/mol. The molecule has 1 aromatic carbocycles. The third kappa shape index (κ3) is 5.10. The summed E-state index contributed by atoms with van der Waals surface area (Å²) in [7, 11) is 3.05. The van der Waals surface area contributed by atoms with Crippen LogP contribution in [0.2, 0.25) is 0 Å². The van der Waals surface area contributed by atoms with Gasteiger partial charge in [0, 0.05) is 18.8 Å². The van der Waals surface area contributed by atoms with Gasteiger partial charge in [-0.15, -0.1) is 10.2 Å². The Hall–Kier alpha value is -2.33. The predicted octanol–water partition coefficient (Wildman–Crippen LogP) is 2.23. The first-order valence-corrected chi connectivity index (χ1v) is 8.65. The van der Waals surface area contributed by atoms with E-state index in [1.807, 2.05) is 24.3 Å². The highest BCUT2D eigenvalue weighted by molar-refractivity contribution is 8.02. The van der Waals surface area contributed by atoms with Crippen LogP contribution in [-0.4, -0.2) is 41.5 Å². The van der Waals surface area contributed by atoms with Crippen LogP contribution in [0.4, 0.5) is 15.6 Å². The molecule has 24 heavy (non-hydrogen) atoms. The normalized spacial score (nSPS) is 11.5. The maximum absolute atomic E-state index is 11.8. The lowest BCUT2D eigenvalue weighted by Gasteiger charge is -2.08. The second kappa shape index (κ2) is 8.50. The number of nitrogens with zero attached hydrogens (tertiary/aromatic N) is 2. The molecule has 1 heterocycles. The molecule has 0 saturated heterocycles. The van der Waals surface area contributed by atoms with E-state index in [4.69, 9.17) is 4.74 Å². The number of rotatable bonds is 6. The Morgan fingerprint density at radius 1 is 1.33 bits per heavy atom. The number of hydrogen-bond donors (Lipinski definition) is 3. The summed E-state index contributed by atoms with van der Waals surface area (Å²) < 4.78 is 5.79. The first kappa shape index (κ1) is 18.0. The number of imide groups is 1. The van der Waals surface area contributed by atoms with Gasteiger partial charge in [-0.05, 0) is 19.1 Å². The molecule has 0 saturated carbocycles. The van der Waals surface area contributed by atoms with Gasteiger partial charge in [-0.3, -0.25) is 10.1 Å². The smallest absolute Gasteiger partial charge is 0.321 e. The van der Waals surface area contributed by atoms with Crippen molar-refractivity contribution in [2.75, 3.05) is 19.5 Å². The molecule has 0 radical (unpaired) electrons. The van der Waals surface area contributed by atoms with E-state index in [-0.39, 0.29) is 0 Å². The summed E-state index contributed by atoms with van der Waals surface area (Å²) in [4.78, 5) is 23.0. The fraction of sp³-hybridized carbons (Fsp3) is 0.286. The zero-order valence-electron chi connectivity index (χ0n) is 13.3. The number of anilines is 2. The number of urea groups is 1. The second-order valence-corrected chi connectivity index (χ2v) is 7.12. The van der Waals surface area contributed by atoms with E-state index in [1.54, 1.807) is 14.0 Å². The van der Waals surface area contributed by atoms with Gasteiger partial charge in [-0.25, -0.2) is 4.79 Å². The Morgan fingerprint density at radius 2 is 2.12 bits per heavy atom. The first-order valence-electron chi connectivity index (χ1n) is 6.95. The quantitative estimate of drug-likeness (QED) is 0.672. The third-order valence-corrected chi connectivity index (χ3v) is 4.86. The van der Waals surface area contributed by atoms with E-state index in [0.29, 0.717) is 9.47 Å². The monoisotopic (exact) mass is 367 g/mol. The van der Waals surface area contributed by atoms with E-state index < -0.39 is 17.2 Å². The van der Waals surface area contributed by atoms with Crippen LogP contribution in [0.25, 0.3) is 0 Å². The molecular formula is C14H17N5O3S2. The van der Waals surface area contributed by atoms with Crippen molar-refractivity contribution in [1.29, 1.82) is 0 Å². The number of nitrogens with one attached hydrogen (secondary N) is 3. The zero-order chi connectivity index (χ0) is 17.5. The molecule has 3 N–H and O–H groups in total. The molecule has 0 aliphatic rings. The maximum Gasteiger partial charge on any atom is 0.321 e. The summed E-state index contributed by atoms with van der Waals surface area (Å²) in [5.41, 5.74) is 0.826. The summed E-state index contributed by atoms with van der Waals surface area (Å²) in [6.07, 6.45) is 0. The molecule has 0 aliphatic heterocycles. The van der Waals surface area contributed by atoms with E-state index in [2.05, 4.69) is 26.1 Å². The van der Waals surface area contributed by atoms with Gasteiger partial charge in [0.25, 0.3) is 0 Å². The molecule has 0 bridgehead atoms. The van der Waals surface area contributed by atoms with Crippen molar-refractivity contribution in [3.05, 3.63) is 24.3 Å². The highest BCUT2D eigenvalue weighted by Gasteiger charge is 2.18. The van der Waals surface area contributed by atoms with Gasteiger partial charge in [0.1, 0.15) is 5.75 Å². The van der Waals surface area contributed by atoms with Crippen LogP contribution in [-0.2, 0) is 4.79 Å². The van der Waals surface area contributed by atoms with Crippen molar-refractivity contribution < 1.29 is 14.3 Å². The molecule has 0 fully saturated rings. The van der Waals surface area contributed by atoms with Gasteiger partial charge in [-0.1, -0.05) is 29.2 Å². The molecule has 128 valence electrons. The van der Waals surface area contributed by atoms with E-state index in [0.717, 1.165) is 11.4 Å². The van der Waals surface area contributed by atoms with Gasteiger partial charge in [0.2, 0.25) is 11.0 Å². The average molecular weight is 367 g/mol. The molecule has 2 rings (SSSR count). The molecule has 0 aliphatic carbocycles. The van der Waals surface area contributed by atoms with Crippen LogP contribution in [0.3, 0.4) is 0 Å². The lowest BCUT2D eigenvalue weighted by molar-refractivity contribution is -0.119. The molecule has 1 unspecified atom stereocenters. The van der Waals surface area contributed by atoms with E-state index in [1.165, 1.54) is 30.1 Å². The van der Waals surface area contributed by atoms with Crippen LogP contribution in [0.5, 0.6) is 5.75 Å². The predicted molar refractivity (Wildman–Crippen MR) is 94.1 cm³/mol. The SMILES string of the molecule is CNC(=O)NC(=O)C(C)Sc1nnc(Nc2cccc(OC)c2)s1. The van der Waals surface area contributed by atoms with Crippen LogP contribution in [0.1, 0.15) is 6.92 Å². The number of hydrogen-bond acceptors (Lipinski definition) is 8. The largest absolute Gasteiger partial charge is 0.497 e. The maximum atomic E-state index is 11.8. The summed E-state index contributed by atoms with van der Waals surface area (Å²) in [6, 6.07) is 6.90. The molecule has 1 atom stereocenters. The minimum absolute atomic E-state index is 0.392. The lowest BCUT2D eigenvalue weighted by atomic mass is 10.3.